The zero-order valence-electron chi connectivity index (χ0n) is 16.6. The molecular formula is C22H24FN3O3. The zero-order valence-corrected chi connectivity index (χ0v) is 16.6. The normalized spacial score (nSPS) is 10.1. The highest BCUT2D eigenvalue weighted by Crippen LogP contribution is 2.17. The first kappa shape index (κ1) is 21.9. The standard InChI is InChI=1S/C22H24FN3O3/c1-3-25(4-2)19-10-6-17(7-11-19)22(28)29-16-21(27)26(15-5-14-24)20-12-8-18(23)9-13-20/h6-13H,3-5,15-16H2,1-2H3. The van der Waals surface area contributed by atoms with Gasteiger partial charge < -0.3 is 14.5 Å². The summed E-state index contributed by atoms with van der Waals surface area (Å²) in [6, 6.07) is 14.3. The number of carbonyl (C=O) groups is 2. The molecule has 6 nitrogen and oxygen atoms in total. The second kappa shape index (κ2) is 10.8. The van der Waals surface area contributed by atoms with Crippen molar-refractivity contribution in [2.75, 3.05) is 36.0 Å². The van der Waals surface area contributed by atoms with E-state index < -0.39 is 24.3 Å². The quantitative estimate of drug-likeness (QED) is 0.602. The molecule has 0 heterocycles. The van der Waals surface area contributed by atoms with Gasteiger partial charge in [0.1, 0.15) is 5.82 Å². The summed E-state index contributed by atoms with van der Waals surface area (Å²) in [4.78, 5) is 28.3. The number of carbonyl (C=O) groups excluding carboxylic acids is 2. The number of nitriles is 1. The Bertz CT molecular complexity index is 856. The minimum Gasteiger partial charge on any atom is -0.452 e. The smallest absolute Gasteiger partial charge is 0.338 e. The van der Waals surface area contributed by atoms with Crippen LogP contribution in [0.2, 0.25) is 0 Å². The van der Waals surface area contributed by atoms with E-state index >= 15 is 0 Å². The minimum absolute atomic E-state index is 0.101. The number of esters is 1. The van der Waals surface area contributed by atoms with Crippen molar-refractivity contribution in [3.8, 4) is 6.07 Å². The third-order valence-electron chi connectivity index (χ3n) is 4.44. The molecule has 0 N–H and O–H groups in total. The Labute approximate surface area is 170 Å². The first-order valence-electron chi connectivity index (χ1n) is 9.45. The number of benzene rings is 2. The van der Waals surface area contributed by atoms with Gasteiger partial charge in [0.2, 0.25) is 0 Å². The van der Waals surface area contributed by atoms with Gasteiger partial charge in [-0.05, 0) is 62.4 Å². The van der Waals surface area contributed by atoms with Gasteiger partial charge in [-0.25, -0.2) is 9.18 Å². The first-order chi connectivity index (χ1) is 14.0. The van der Waals surface area contributed by atoms with Crippen molar-refractivity contribution in [1.82, 2.24) is 0 Å². The van der Waals surface area contributed by atoms with Gasteiger partial charge in [0.05, 0.1) is 18.1 Å². The van der Waals surface area contributed by atoms with Crippen LogP contribution in [-0.2, 0) is 9.53 Å². The third-order valence-corrected chi connectivity index (χ3v) is 4.44. The number of hydrogen-bond donors (Lipinski definition) is 0. The van der Waals surface area contributed by atoms with Crippen LogP contribution in [0.5, 0.6) is 0 Å². The lowest BCUT2D eigenvalue weighted by molar-refractivity contribution is -0.121. The van der Waals surface area contributed by atoms with Crippen LogP contribution >= 0.6 is 0 Å². The number of anilines is 2. The van der Waals surface area contributed by atoms with Gasteiger partial charge in [0, 0.05) is 31.0 Å². The van der Waals surface area contributed by atoms with E-state index in [4.69, 9.17) is 10.00 Å². The van der Waals surface area contributed by atoms with Crippen LogP contribution in [0.3, 0.4) is 0 Å². The third kappa shape index (κ3) is 6.04. The van der Waals surface area contributed by atoms with E-state index in [1.54, 1.807) is 12.1 Å². The monoisotopic (exact) mass is 397 g/mol. The highest BCUT2D eigenvalue weighted by molar-refractivity contribution is 5.97. The molecule has 0 saturated carbocycles. The maximum absolute atomic E-state index is 13.1. The maximum atomic E-state index is 13.1. The highest BCUT2D eigenvalue weighted by Gasteiger charge is 2.18. The molecule has 2 aromatic carbocycles. The summed E-state index contributed by atoms with van der Waals surface area (Å²) in [5.74, 6) is -1.52. The molecule has 0 aliphatic rings. The molecule has 0 atom stereocenters. The molecule has 0 aliphatic heterocycles. The Hall–Kier alpha value is -3.40. The Morgan fingerprint density at radius 1 is 1.00 bits per heavy atom. The van der Waals surface area contributed by atoms with Crippen molar-refractivity contribution < 1.29 is 18.7 Å². The first-order valence-corrected chi connectivity index (χ1v) is 9.45. The van der Waals surface area contributed by atoms with Crippen molar-refractivity contribution in [3.05, 3.63) is 59.9 Å². The summed E-state index contributed by atoms with van der Waals surface area (Å²) >= 11 is 0. The van der Waals surface area contributed by atoms with Gasteiger partial charge in [-0.15, -0.1) is 0 Å². The number of nitrogens with zero attached hydrogens (tertiary/aromatic N) is 3. The molecule has 7 heteroatoms. The topological polar surface area (TPSA) is 73.6 Å². The summed E-state index contributed by atoms with van der Waals surface area (Å²) in [6.07, 6.45) is 0.101. The number of halogens is 1. The van der Waals surface area contributed by atoms with Crippen LogP contribution in [0.1, 0.15) is 30.6 Å². The van der Waals surface area contributed by atoms with E-state index in [2.05, 4.69) is 18.7 Å². The van der Waals surface area contributed by atoms with Gasteiger partial charge in [0.25, 0.3) is 5.91 Å². The Morgan fingerprint density at radius 2 is 1.59 bits per heavy atom. The Balaban J connectivity index is 2.02. The van der Waals surface area contributed by atoms with E-state index in [0.717, 1.165) is 18.8 Å². The van der Waals surface area contributed by atoms with E-state index in [1.165, 1.54) is 29.2 Å². The number of rotatable bonds is 9. The summed E-state index contributed by atoms with van der Waals surface area (Å²) in [7, 11) is 0. The lowest BCUT2D eigenvalue weighted by atomic mass is 10.2. The number of amides is 1. The van der Waals surface area contributed by atoms with Gasteiger partial charge >= 0.3 is 5.97 Å². The van der Waals surface area contributed by atoms with Crippen molar-refractivity contribution in [1.29, 1.82) is 5.26 Å². The number of ether oxygens (including phenoxy) is 1. The molecule has 0 bridgehead atoms. The van der Waals surface area contributed by atoms with Crippen LogP contribution in [0.15, 0.2) is 48.5 Å². The predicted octanol–water partition coefficient (Wildman–Crippen LogP) is 3.78. The van der Waals surface area contributed by atoms with Crippen molar-refractivity contribution in [2.45, 2.75) is 20.3 Å². The lowest BCUT2D eigenvalue weighted by Crippen LogP contribution is -2.35. The fraction of sp³-hybridized carbons (Fsp3) is 0.318. The fourth-order valence-corrected chi connectivity index (χ4v) is 2.87. The van der Waals surface area contributed by atoms with Crippen LogP contribution in [0.4, 0.5) is 15.8 Å². The second-order valence-corrected chi connectivity index (χ2v) is 6.23. The molecule has 0 unspecified atom stereocenters. The van der Waals surface area contributed by atoms with Gasteiger partial charge in [0.15, 0.2) is 6.61 Å². The summed E-state index contributed by atoms with van der Waals surface area (Å²) in [5, 5.41) is 8.82. The van der Waals surface area contributed by atoms with E-state index in [-0.39, 0.29) is 13.0 Å². The Kier molecular flexibility index (Phi) is 8.16. The van der Waals surface area contributed by atoms with Crippen LogP contribution in [-0.4, -0.2) is 38.1 Å². The van der Waals surface area contributed by atoms with Crippen molar-refractivity contribution >= 4 is 23.3 Å². The van der Waals surface area contributed by atoms with Crippen molar-refractivity contribution in [3.63, 3.8) is 0 Å². The summed E-state index contributed by atoms with van der Waals surface area (Å²) < 4.78 is 18.3. The van der Waals surface area contributed by atoms with Gasteiger partial charge in [-0.3, -0.25) is 4.79 Å². The molecule has 1 amide bonds. The largest absolute Gasteiger partial charge is 0.452 e. The van der Waals surface area contributed by atoms with E-state index in [9.17, 15) is 14.0 Å². The minimum atomic E-state index is -0.608. The van der Waals surface area contributed by atoms with E-state index in [0.29, 0.717) is 11.3 Å². The van der Waals surface area contributed by atoms with Gasteiger partial charge in [-0.1, -0.05) is 0 Å². The van der Waals surface area contributed by atoms with Crippen LogP contribution in [0.25, 0.3) is 0 Å². The average Bonchev–Trinajstić information content (AvgIpc) is 2.74. The van der Waals surface area contributed by atoms with Gasteiger partial charge in [-0.2, -0.15) is 5.26 Å². The predicted molar refractivity (Wildman–Crippen MR) is 109 cm³/mol. The second-order valence-electron chi connectivity index (χ2n) is 6.23. The highest BCUT2D eigenvalue weighted by atomic mass is 19.1. The molecular weight excluding hydrogens is 373 g/mol. The molecule has 2 rings (SSSR count). The summed E-state index contributed by atoms with van der Waals surface area (Å²) in [6.45, 7) is 5.47. The molecule has 29 heavy (non-hydrogen) atoms. The molecule has 0 saturated heterocycles. The Morgan fingerprint density at radius 3 is 2.14 bits per heavy atom. The molecule has 0 spiro atoms. The van der Waals surface area contributed by atoms with Crippen molar-refractivity contribution in [2.24, 2.45) is 0 Å². The maximum Gasteiger partial charge on any atom is 0.338 e. The molecule has 152 valence electrons. The SMILES string of the molecule is CCN(CC)c1ccc(C(=O)OCC(=O)N(CCC#N)c2ccc(F)cc2)cc1. The molecule has 2 aromatic rings. The lowest BCUT2D eigenvalue weighted by Gasteiger charge is -2.22. The average molecular weight is 397 g/mol. The zero-order chi connectivity index (χ0) is 21.2. The molecule has 0 fully saturated rings. The van der Waals surface area contributed by atoms with Crippen LogP contribution in [0, 0.1) is 17.1 Å². The number of hydrogen-bond acceptors (Lipinski definition) is 5. The summed E-state index contributed by atoms with van der Waals surface area (Å²) in [5.41, 5.74) is 1.78. The fourth-order valence-electron chi connectivity index (χ4n) is 2.87. The molecule has 0 radical (unpaired) electrons. The molecule has 0 aliphatic carbocycles. The van der Waals surface area contributed by atoms with Crippen LogP contribution < -0.4 is 9.80 Å². The van der Waals surface area contributed by atoms with E-state index in [1.807, 2.05) is 18.2 Å². The molecule has 0 aromatic heterocycles.